The molecule has 4 rings (SSSR count). The molecule has 0 saturated carbocycles. The standard InChI is InChI=1S/C22H20ClN5O2/c1-14(2)27-18-13-26(3)25-19(18)21(29)28(22(27)30)20-17(23)11-16(12-24-20)10-9-15-7-5-4-6-8-15/h4-8,11-14,19,25H,1-3H3. The second kappa shape index (κ2) is 7.82. The molecule has 1 fully saturated rings. The molecule has 152 valence electrons. The lowest BCUT2D eigenvalue weighted by Crippen LogP contribution is -2.62. The van der Waals surface area contributed by atoms with E-state index in [4.69, 9.17) is 11.6 Å². The molecule has 1 unspecified atom stereocenters. The predicted molar refractivity (Wildman–Crippen MR) is 114 cm³/mol. The second-order valence-corrected chi connectivity index (χ2v) is 7.70. The van der Waals surface area contributed by atoms with Gasteiger partial charge in [-0.3, -0.25) is 9.69 Å². The van der Waals surface area contributed by atoms with Gasteiger partial charge in [0.25, 0.3) is 5.91 Å². The Kier molecular flexibility index (Phi) is 5.20. The van der Waals surface area contributed by atoms with Crippen LogP contribution in [0.15, 0.2) is 54.5 Å². The maximum Gasteiger partial charge on any atom is 0.337 e. The average Bonchev–Trinajstić information content (AvgIpc) is 3.09. The number of urea groups is 1. The quantitative estimate of drug-likeness (QED) is 0.755. The van der Waals surface area contributed by atoms with E-state index in [0.717, 1.165) is 10.5 Å². The molecule has 3 heterocycles. The summed E-state index contributed by atoms with van der Waals surface area (Å²) in [6.45, 7) is 3.78. The van der Waals surface area contributed by atoms with Gasteiger partial charge in [-0.2, -0.15) is 0 Å². The van der Waals surface area contributed by atoms with Crippen LogP contribution < -0.4 is 10.3 Å². The van der Waals surface area contributed by atoms with Crippen molar-refractivity contribution < 1.29 is 9.59 Å². The number of nitrogens with zero attached hydrogens (tertiary/aromatic N) is 4. The lowest BCUT2D eigenvalue weighted by Gasteiger charge is -2.39. The molecule has 30 heavy (non-hydrogen) atoms. The fraction of sp³-hybridized carbons (Fsp3) is 0.227. The number of hydrogen-bond donors (Lipinski definition) is 1. The Labute approximate surface area is 179 Å². The Morgan fingerprint density at radius 2 is 1.83 bits per heavy atom. The van der Waals surface area contributed by atoms with E-state index >= 15 is 0 Å². The Hall–Kier alpha value is -3.34. The van der Waals surface area contributed by atoms with Gasteiger partial charge in [-0.15, -0.1) is 0 Å². The van der Waals surface area contributed by atoms with Crippen molar-refractivity contribution in [3.8, 4) is 11.8 Å². The highest BCUT2D eigenvalue weighted by atomic mass is 35.5. The van der Waals surface area contributed by atoms with Crippen LogP contribution in [0.4, 0.5) is 10.6 Å². The molecular weight excluding hydrogens is 402 g/mol. The van der Waals surface area contributed by atoms with Crippen molar-refractivity contribution in [2.75, 3.05) is 11.9 Å². The van der Waals surface area contributed by atoms with Crippen LogP contribution in [0.25, 0.3) is 0 Å². The van der Waals surface area contributed by atoms with Gasteiger partial charge >= 0.3 is 6.03 Å². The lowest BCUT2D eigenvalue weighted by molar-refractivity contribution is -0.120. The molecule has 0 radical (unpaired) electrons. The van der Waals surface area contributed by atoms with Crippen LogP contribution in [-0.2, 0) is 4.79 Å². The fourth-order valence-corrected chi connectivity index (χ4v) is 3.70. The maximum atomic E-state index is 13.2. The van der Waals surface area contributed by atoms with Gasteiger partial charge < -0.3 is 5.01 Å². The summed E-state index contributed by atoms with van der Waals surface area (Å²) < 4.78 is 0. The topological polar surface area (TPSA) is 68.8 Å². The minimum Gasteiger partial charge on any atom is -0.316 e. The highest BCUT2D eigenvalue weighted by Crippen LogP contribution is 2.33. The molecule has 2 aliphatic heterocycles. The fourth-order valence-electron chi connectivity index (χ4n) is 3.45. The molecule has 2 aliphatic rings. The van der Waals surface area contributed by atoms with Crippen LogP contribution in [0.5, 0.6) is 0 Å². The number of carbonyl (C=O) groups excluding carboxylic acids is 2. The van der Waals surface area contributed by atoms with Crippen molar-refractivity contribution in [3.63, 3.8) is 0 Å². The highest BCUT2D eigenvalue weighted by Gasteiger charge is 2.48. The first-order valence-electron chi connectivity index (χ1n) is 9.47. The third-order valence-electron chi connectivity index (χ3n) is 4.77. The molecule has 1 saturated heterocycles. The van der Waals surface area contributed by atoms with Gasteiger partial charge in [-0.25, -0.2) is 20.1 Å². The van der Waals surface area contributed by atoms with Gasteiger partial charge in [0.15, 0.2) is 5.82 Å². The van der Waals surface area contributed by atoms with Crippen molar-refractivity contribution in [3.05, 3.63) is 70.6 Å². The summed E-state index contributed by atoms with van der Waals surface area (Å²) in [6.07, 6.45) is 3.26. The minimum absolute atomic E-state index is 0.0954. The number of benzene rings is 1. The van der Waals surface area contributed by atoms with Crippen LogP contribution in [0.3, 0.4) is 0 Å². The Morgan fingerprint density at radius 3 is 2.50 bits per heavy atom. The number of nitrogens with one attached hydrogen (secondary N) is 1. The molecule has 1 aromatic carbocycles. The number of halogens is 1. The third-order valence-corrected chi connectivity index (χ3v) is 5.05. The van der Waals surface area contributed by atoms with Gasteiger partial charge in [-0.1, -0.05) is 41.6 Å². The van der Waals surface area contributed by atoms with Gasteiger partial charge in [0.1, 0.15) is 6.04 Å². The number of aromatic nitrogens is 1. The van der Waals surface area contributed by atoms with E-state index in [1.165, 1.54) is 6.20 Å². The van der Waals surface area contributed by atoms with Gasteiger partial charge in [0.2, 0.25) is 0 Å². The number of amides is 3. The SMILES string of the molecule is CC(C)N1C(=O)N(c2ncc(C#Cc3ccccc3)cc2Cl)C(=O)C2NN(C)C=C21. The van der Waals surface area contributed by atoms with Crippen molar-refractivity contribution in [2.24, 2.45) is 0 Å². The van der Waals surface area contributed by atoms with E-state index in [2.05, 4.69) is 22.3 Å². The number of imide groups is 1. The molecule has 1 aromatic heterocycles. The summed E-state index contributed by atoms with van der Waals surface area (Å²) in [6, 6.07) is 9.84. The van der Waals surface area contributed by atoms with E-state index in [9.17, 15) is 9.59 Å². The number of pyridine rings is 1. The van der Waals surface area contributed by atoms with Crippen LogP contribution in [-0.4, -0.2) is 46.0 Å². The maximum absolute atomic E-state index is 13.2. The number of rotatable bonds is 2. The molecule has 0 bridgehead atoms. The summed E-state index contributed by atoms with van der Waals surface area (Å²) in [5, 5.41) is 1.85. The summed E-state index contributed by atoms with van der Waals surface area (Å²) >= 11 is 6.43. The molecule has 7 nitrogen and oxygen atoms in total. The normalized spacial score (nSPS) is 18.4. The predicted octanol–water partition coefficient (Wildman–Crippen LogP) is 2.97. The zero-order chi connectivity index (χ0) is 21.4. The van der Waals surface area contributed by atoms with Crippen molar-refractivity contribution in [2.45, 2.75) is 25.9 Å². The zero-order valence-corrected chi connectivity index (χ0v) is 17.5. The summed E-state index contributed by atoms with van der Waals surface area (Å²) in [5.41, 5.74) is 5.10. The molecule has 8 heteroatoms. The highest BCUT2D eigenvalue weighted by molar-refractivity contribution is 6.35. The Morgan fingerprint density at radius 1 is 1.13 bits per heavy atom. The van der Waals surface area contributed by atoms with E-state index in [1.807, 2.05) is 44.2 Å². The first kappa shape index (κ1) is 20.0. The summed E-state index contributed by atoms with van der Waals surface area (Å²) in [5.74, 6) is 5.70. The van der Waals surface area contributed by atoms with Crippen LogP contribution in [0, 0.1) is 11.8 Å². The molecular formula is C22H20ClN5O2. The number of fused-ring (bicyclic) bond motifs is 1. The van der Waals surface area contributed by atoms with Crippen LogP contribution in [0.2, 0.25) is 5.02 Å². The summed E-state index contributed by atoms with van der Waals surface area (Å²) in [7, 11) is 1.78. The zero-order valence-electron chi connectivity index (χ0n) is 16.8. The van der Waals surface area contributed by atoms with E-state index < -0.39 is 18.0 Å². The smallest absolute Gasteiger partial charge is 0.316 e. The number of hydrazine groups is 1. The molecule has 1 N–H and O–H groups in total. The average molecular weight is 422 g/mol. The second-order valence-electron chi connectivity index (χ2n) is 7.29. The van der Waals surface area contributed by atoms with E-state index in [0.29, 0.717) is 11.3 Å². The van der Waals surface area contributed by atoms with Crippen molar-refractivity contribution >= 4 is 29.4 Å². The molecule has 0 aliphatic carbocycles. The molecule has 0 spiro atoms. The monoisotopic (exact) mass is 421 g/mol. The summed E-state index contributed by atoms with van der Waals surface area (Å²) in [4.78, 5) is 33.2. The Bertz CT molecular complexity index is 1100. The molecule has 1 atom stereocenters. The van der Waals surface area contributed by atoms with Gasteiger partial charge in [0.05, 0.1) is 10.7 Å². The number of anilines is 1. The molecule has 2 aromatic rings. The van der Waals surface area contributed by atoms with Gasteiger partial charge in [0, 0.05) is 36.6 Å². The van der Waals surface area contributed by atoms with Crippen LogP contribution >= 0.6 is 11.6 Å². The first-order chi connectivity index (χ1) is 14.4. The largest absolute Gasteiger partial charge is 0.337 e. The van der Waals surface area contributed by atoms with Crippen molar-refractivity contribution in [1.29, 1.82) is 0 Å². The van der Waals surface area contributed by atoms with Crippen molar-refractivity contribution in [1.82, 2.24) is 20.3 Å². The third kappa shape index (κ3) is 3.52. The van der Waals surface area contributed by atoms with Gasteiger partial charge in [-0.05, 0) is 32.0 Å². The van der Waals surface area contributed by atoms with E-state index in [-0.39, 0.29) is 16.9 Å². The van der Waals surface area contributed by atoms with Crippen LogP contribution in [0.1, 0.15) is 25.0 Å². The first-order valence-corrected chi connectivity index (χ1v) is 9.85. The Balaban J connectivity index is 1.68. The minimum atomic E-state index is -0.675. The molecule has 3 amide bonds. The van der Waals surface area contributed by atoms with E-state index in [1.54, 1.807) is 29.2 Å². The lowest BCUT2D eigenvalue weighted by atomic mass is 10.1. The number of carbonyl (C=O) groups is 2. The number of hydrogen-bond acceptors (Lipinski definition) is 5.